The average Bonchev–Trinajstić information content (AvgIpc) is 3.27. The fourth-order valence-corrected chi connectivity index (χ4v) is 5.32. The Morgan fingerprint density at radius 2 is 1.00 bits per heavy atom. The molecule has 6 atom stereocenters. The lowest BCUT2D eigenvalue weighted by molar-refractivity contribution is 0.576. The smallest absolute Gasteiger partial charge is 0.00932 e. The second-order valence-corrected chi connectivity index (χ2v) is 7.44. The molecule has 0 spiro atoms. The molecule has 0 heterocycles. The van der Waals surface area contributed by atoms with Gasteiger partial charge in [0.15, 0.2) is 0 Å². The third-order valence-electron chi connectivity index (χ3n) is 6.35. The van der Waals surface area contributed by atoms with Crippen molar-refractivity contribution in [3.63, 3.8) is 0 Å². The molecule has 1 aromatic rings. The maximum Gasteiger partial charge on any atom is -0.00932 e. The monoisotopic (exact) mass is 262 g/mol. The number of fused-ring (bicyclic) bond motifs is 4. The Balaban J connectivity index is 1.39. The van der Waals surface area contributed by atoms with Crippen LogP contribution >= 0.6 is 0 Å². The molecule has 2 fully saturated rings. The standard InChI is InChI=1S/C20H22/c1-3-17-9-13(1)11-19(17)15-5-7-16(8-6-15)20-12-14-2-4-18(20)10-14/h1-8,13-14,17-20H,9-12H2/t13-,14-,17+,18+,19-,20-/m1/s1. The summed E-state index contributed by atoms with van der Waals surface area (Å²) in [7, 11) is 0. The second-order valence-electron chi connectivity index (χ2n) is 7.44. The Labute approximate surface area is 121 Å². The third kappa shape index (κ3) is 1.60. The number of benzene rings is 1. The van der Waals surface area contributed by atoms with E-state index in [0.717, 1.165) is 35.5 Å². The van der Waals surface area contributed by atoms with E-state index in [2.05, 4.69) is 48.6 Å². The minimum Gasteiger partial charge on any atom is -0.0851 e. The molecule has 0 amide bonds. The first-order valence-electron chi connectivity index (χ1n) is 8.33. The molecule has 102 valence electrons. The predicted octanol–water partition coefficient (Wildman–Crippen LogP) is 5.05. The van der Waals surface area contributed by atoms with Crippen molar-refractivity contribution < 1.29 is 0 Å². The number of rotatable bonds is 2. The van der Waals surface area contributed by atoms with Crippen molar-refractivity contribution in [3.8, 4) is 0 Å². The van der Waals surface area contributed by atoms with Gasteiger partial charge < -0.3 is 0 Å². The van der Waals surface area contributed by atoms with E-state index in [9.17, 15) is 0 Å². The van der Waals surface area contributed by atoms with Crippen LogP contribution < -0.4 is 0 Å². The van der Waals surface area contributed by atoms with Gasteiger partial charge in [0.1, 0.15) is 0 Å². The van der Waals surface area contributed by atoms with Crippen LogP contribution in [0, 0.1) is 23.7 Å². The first-order chi connectivity index (χ1) is 9.87. The summed E-state index contributed by atoms with van der Waals surface area (Å²) in [4.78, 5) is 0. The van der Waals surface area contributed by atoms with E-state index in [-0.39, 0.29) is 0 Å². The summed E-state index contributed by atoms with van der Waals surface area (Å²) in [5.74, 6) is 5.02. The van der Waals surface area contributed by atoms with Crippen LogP contribution in [-0.2, 0) is 0 Å². The molecule has 1 aromatic carbocycles. The highest BCUT2D eigenvalue weighted by Crippen LogP contribution is 2.50. The van der Waals surface area contributed by atoms with Crippen LogP contribution in [0.25, 0.3) is 0 Å². The molecule has 4 aliphatic rings. The van der Waals surface area contributed by atoms with E-state index in [1.807, 2.05) is 0 Å². The summed E-state index contributed by atoms with van der Waals surface area (Å²) in [5.41, 5.74) is 3.17. The van der Waals surface area contributed by atoms with E-state index in [4.69, 9.17) is 0 Å². The molecular weight excluding hydrogens is 240 g/mol. The predicted molar refractivity (Wildman–Crippen MR) is 82.6 cm³/mol. The van der Waals surface area contributed by atoms with Gasteiger partial charge in [-0.25, -0.2) is 0 Å². The van der Waals surface area contributed by atoms with Gasteiger partial charge in [-0.15, -0.1) is 0 Å². The summed E-state index contributed by atoms with van der Waals surface area (Å²) in [6.45, 7) is 0. The number of hydrogen-bond donors (Lipinski definition) is 0. The van der Waals surface area contributed by atoms with Crippen molar-refractivity contribution >= 4 is 0 Å². The van der Waals surface area contributed by atoms with Gasteiger partial charge in [0.25, 0.3) is 0 Å². The van der Waals surface area contributed by atoms with Gasteiger partial charge in [0.2, 0.25) is 0 Å². The molecule has 0 aliphatic heterocycles. The summed E-state index contributed by atoms with van der Waals surface area (Å²) in [5, 5.41) is 0. The summed E-state index contributed by atoms with van der Waals surface area (Å²) in [6, 6.07) is 9.74. The van der Waals surface area contributed by atoms with E-state index >= 15 is 0 Å². The molecule has 20 heavy (non-hydrogen) atoms. The third-order valence-corrected chi connectivity index (χ3v) is 6.35. The van der Waals surface area contributed by atoms with Crippen molar-refractivity contribution in [3.05, 3.63) is 59.7 Å². The lowest BCUT2D eigenvalue weighted by Gasteiger charge is -2.21. The Hall–Kier alpha value is -1.30. The molecule has 4 aliphatic carbocycles. The molecule has 4 bridgehead atoms. The highest BCUT2D eigenvalue weighted by Gasteiger charge is 2.38. The highest BCUT2D eigenvalue weighted by molar-refractivity contribution is 5.34. The fraction of sp³-hybridized carbons (Fsp3) is 0.500. The maximum absolute atomic E-state index is 2.47. The lowest BCUT2D eigenvalue weighted by Crippen LogP contribution is -2.07. The molecule has 0 heteroatoms. The van der Waals surface area contributed by atoms with E-state index in [1.54, 1.807) is 11.1 Å². The Bertz CT molecular complexity index is 524. The molecule has 0 aromatic heterocycles. The van der Waals surface area contributed by atoms with Crippen LogP contribution in [0.15, 0.2) is 48.6 Å². The van der Waals surface area contributed by atoms with Crippen molar-refractivity contribution in [2.24, 2.45) is 23.7 Å². The molecule has 0 nitrogen and oxygen atoms in total. The summed E-state index contributed by atoms with van der Waals surface area (Å²) >= 11 is 0. The molecule has 0 unspecified atom stereocenters. The first kappa shape index (κ1) is 11.4. The maximum atomic E-state index is 2.47. The van der Waals surface area contributed by atoms with Gasteiger partial charge in [-0.05, 0) is 72.3 Å². The second kappa shape index (κ2) is 4.10. The van der Waals surface area contributed by atoms with Crippen molar-refractivity contribution in [2.75, 3.05) is 0 Å². The zero-order valence-corrected chi connectivity index (χ0v) is 11.9. The van der Waals surface area contributed by atoms with Crippen molar-refractivity contribution in [1.29, 1.82) is 0 Å². The van der Waals surface area contributed by atoms with Gasteiger partial charge in [-0.2, -0.15) is 0 Å². The van der Waals surface area contributed by atoms with Gasteiger partial charge in [0, 0.05) is 0 Å². The summed E-state index contributed by atoms with van der Waals surface area (Å²) < 4.78 is 0. The minimum absolute atomic E-state index is 0.805. The van der Waals surface area contributed by atoms with Gasteiger partial charge >= 0.3 is 0 Å². The van der Waals surface area contributed by atoms with Crippen molar-refractivity contribution in [2.45, 2.75) is 37.5 Å². The largest absolute Gasteiger partial charge is 0.0851 e. The molecule has 2 saturated carbocycles. The van der Waals surface area contributed by atoms with Crippen LogP contribution in [0.2, 0.25) is 0 Å². The zero-order chi connectivity index (χ0) is 13.1. The molecule has 0 radical (unpaired) electrons. The van der Waals surface area contributed by atoms with Crippen LogP contribution in [0.4, 0.5) is 0 Å². The molecular formula is C20H22. The number of allylic oxidation sites excluding steroid dienone is 4. The number of hydrogen-bond acceptors (Lipinski definition) is 0. The van der Waals surface area contributed by atoms with Crippen LogP contribution in [0.3, 0.4) is 0 Å². The summed E-state index contributed by atoms with van der Waals surface area (Å²) in [6.07, 6.45) is 15.4. The average molecular weight is 262 g/mol. The normalized spacial score (nSPS) is 43.8. The van der Waals surface area contributed by atoms with Gasteiger partial charge in [0.05, 0.1) is 0 Å². The molecule has 5 rings (SSSR count). The van der Waals surface area contributed by atoms with Gasteiger partial charge in [-0.3, -0.25) is 0 Å². The lowest BCUT2D eigenvalue weighted by atomic mass is 9.83. The van der Waals surface area contributed by atoms with Crippen LogP contribution in [0.1, 0.15) is 48.6 Å². The topological polar surface area (TPSA) is 0 Å². The first-order valence-corrected chi connectivity index (χ1v) is 8.33. The molecule has 0 saturated heterocycles. The quantitative estimate of drug-likeness (QED) is 0.655. The van der Waals surface area contributed by atoms with E-state index < -0.39 is 0 Å². The Morgan fingerprint density at radius 3 is 1.30 bits per heavy atom. The van der Waals surface area contributed by atoms with E-state index in [0.29, 0.717) is 0 Å². The van der Waals surface area contributed by atoms with Crippen molar-refractivity contribution in [1.82, 2.24) is 0 Å². The SMILES string of the molecule is C1=C[C@H]2C[C@@H]1C[C@@H]2c1ccc([C@H]2C[C@@H]3C=C[C@H]2C3)cc1. The Kier molecular flexibility index (Phi) is 2.33. The minimum atomic E-state index is 0.805. The fourth-order valence-electron chi connectivity index (χ4n) is 5.32. The Morgan fingerprint density at radius 1 is 0.550 bits per heavy atom. The zero-order valence-electron chi connectivity index (χ0n) is 11.9. The molecule has 0 N–H and O–H groups in total. The van der Waals surface area contributed by atoms with E-state index in [1.165, 1.54) is 25.7 Å². The van der Waals surface area contributed by atoms with Gasteiger partial charge in [-0.1, -0.05) is 48.6 Å². The highest BCUT2D eigenvalue weighted by atomic mass is 14.4. The van der Waals surface area contributed by atoms with Crippen LogP contribution in [0.5, 0.6) is 0 Å². The van der Waals surface area contributed by atoms with Crippen LogP contribution in [-0.4, -0.2) is 0 Å².